The van der Waals surface area contributed by atoms with Crippen LogP contribution in [0, 0.1) is 6.92 Å². The SMILES string of the molecule is C=CCNC(=NCC(=O)N(C)C)NCCc1c[nH]c2c(C)cccc12. The maximum absolute atomic E-state index is 11.7. The minimum atomic E-state index is -0.0354. The van der Waals surface area contributed by atoms with Gasteiger partial charge in [-0.25, -0.2) is 4.99 Å². The topological polar surface area (TPSA) is 72.5 Å². The number of benzene rings is 1. The van der Waals surface area contributed by atoms with Crippen LogP contribution in [0.25, 0.3) is 10.9 Å². The molecular weight excluding hydrogens is 314 g/mol. The number of aromatic nitrogens is 1. The minimum Gasteiger partial charge on any atom is -0.361 e. The first-order valence-corrected chi connectivity index (χ1v) is 8.41. The van der Waals surface area contributed by atoms with E-state index in [9.17, 15) is 4.79 Å². The van der Waals surface area contributed by atoms with Crippen LogP contribution in [0.1, 0.15) is 11.1 Å². The minimum absolute atomic E-state index is 0.0354. The zero-order valence-electron chi connectivity index (χ0n) is 15.2. The molecule has 0 fully saturated rings. The van der Waals surface area contributed by atoms with Gasteiger partial charge in [0.15, 0.2) is 5.96 Å². The van der Waals surface area contributed by atoms with Crippen molar-refractivity contribution in [2.45, 2.75) is 13.3 Å². The monoisotopic (exact) mass is 341 g/mol. The Morgan fingerprint density at radius 2 is 2.16 bits per heavy atom. The molecule has 25 heavy (non-hydrogen) atoms. The number of carbonyl (C=O) groups is 1. The third-order valence-electron chi connectivity index (χ3n) is 3.98. The number of aromatic amines is 1. The number of nitrogens with zero attached hydrogens (tertiary/aromatic N) is 2. The number of H-pyrrole nitrogens is 1. The molecule has 0 saturated heterocycles. The van der Waals surface area contributed by atoms with Gasteiger partial charge in [0, 0.05) is 44.3 Å². The van der Waals surface area contributed by atoms with Crippen molar-refractivity contribution in [1.29, 1.82) is 0 Å². The third kappa shape index (κ3) is 5.11. The number of aryl methyl sites for hydroxylation is 1. The molecule has 0 radical (unpaired) electrons. The maximum Gasteiger partial charge on any atom is 0.243 e. The first kappa shape index (κ1) is 18.6. The first-order valence-electron chi connectivity index (χ1n) is 8.41. The van der Waals surface area contributed by atoms with Crippen molar-refractivity contribution in [1.82, 2.24) is 20.5 Å². The van der Waals surface area contributed by atoms with Crippen LogP contribution < -0.4 is 10.6 Å². The van der Waals surface area contributed by atoms with Gasteiger partial charge < -0.3 is 20.5 Å². The number of amides is 1. The average molecular weight is 341 g/mol. The van der Waals surface area contributed by atoms with Crippen molar-refractivity contribution in [2.24, 2.45) is 4.99 Å². The van der Waals surface area contributed by atoms with E-state index in [2.05, 4.69) is 58.5 Å². The summed E-state index contributed by atoms with van der Waals surface area (Å²) in [6.45, 7) is 7.23. The lowest BCUT2D eigenvalue weighted by atomic mass is 10.1. The highest BCUT2D eigenvalue weighted by atomic mass is 16.2. The van der Waals surface area contributed by atoms with E-state index in [4.69, 9.17) is 0 Å². The predicted molar refractivity (Wildman–Crippen MR) is 104 cm³/mol. The number of guanidine groups is 1. The second kappa shape index (κ2) is 8.92. The maximum atomic E-state index is 11.7. The summed E-state index contributed by atoms with van der Waals surface area (Å²) in [6, 6.07) is 6.31. The summed E-state index contributed by atoms with van der Waals surface area (Å²) >= 11 is 0. The number of hydrogen-bond acceptors (Lipinski definition) is 2. The molecule has 0 atom stereocenters. The molecule has 0 aliphatic carbocycles. The molecule has 0 saturated carbocycles. The molecule has 1 aromatic carbocycles. The van der Waals surface area contributed by atoms with Crippen molar-refractivity contribution in [3.8, 4) is 0 Å². The van der Waals surface area contributed by atoms with E-state index < -0.39 is 0 Å². The highest BCUT2D eigenvalue weighted by molar-refractivity contribution is 5.86. The Morgan fingerprint density at radius 1 is 1.36 bits per heavy atom. The molecule has 6 heteroatoms. The van der Waals surface area contributed by atoms with E-state index in [0.29, 0.717) is 12.5 Å². The second-order valence-electron chi connectivity index (χ2n) is 6.11. The van der Waals surface area contributed by atoms with E-state index in [1.165, 1.54) is 26.9 Å². The molecule has 2 rings (SSSR count). The third-order valence-corrected chi connectivity index (χ3v) is 3.98. The van der Waals surface area contributed by atoms with Gasteiger partial charge in [-0.05, 0) is 24.5 Å². The largest absolute Gasteiger partial charge is 0.361 e. The molecule has 6 nitrogen and oxygen atoms in total. The van der Waals surface area contributed by atoms with Gasteiger partial charge >= 0.3 is 0 Å². The standard InChI is InChI=1S/C19H27N5O/c1-5-10-20-19(23-13-17(25)24(3)4)21-11-9-15-12-22-18-14(2)7-6-8-16(15)18/h5-8,12,22H,1,9-11,13H2,2-4H3,(H2,20,21,23). The number of fused-ring (bicyclic) bond motifs is 1. The number of hydrogen-bond donors (Lipinski definition) is 3. The van der Waals surface area contributed by atoms with E-state index >= 15 is 0 Å². The summed E-state index contributed by atoms with van der Waals surface area (Å²) in [5.74, 6) is 0.581. The Balaban J connectivity index is 1.97. The molecule has 3 N–H and O–H groups in total. The molecule has 0 aliphatic rings. The molecule has 0 aliphatic heterocycles. The lowest BCUT2D eigenvalue weighted by Gasteiger charge is -2.12. The molecule has 0 unspecified atom stereocenters. The number of nitrogens with one attached hydrogen (secondary N) is 3. The van der Waals surface area contributed by atoms with Gasteiger partial charge in [-0.2, -0.15) is 0 Å². The summed E-state index contributed by atoms with van der Waals surface area (Å²) in [5, 5.41) is 7.66. The van der Waals surface area contributed by atoms with Crippen LogP contribution in [-0.2, 0) is 11.2 Å². The van der Waals surface area contributed by atoms with Gasteiger partial charge in [0.25, 0.3) is 0 Å². The Labute approximate surface area is 149 Å². The van der Waals surface area contributed by atoms with Gasteiger partial charge in [-0.3, -0.25) is 4.79 Å². The summed E-state index contributed by atoms with van der Waals surface area (Å²) in [4.78, 5) is 20.9. The quantitative estimate of drug-likeness (QED) is 0.409. The highest BCUT2D eigenvalue weighted by Gasteiger charge is 2.07. The fourth-order valence-electron chi connectivity index (χ4n) is 2.52. The molecule has 1 aromatic heterocycles. The smallest absolute Gasteiger partial charge is 0.243 e. The Morgan fingerprint density at radius 3 is 2.88 bits per heavy atom. The predicted octanol–water partition coefficient (Wildman–Crippen LogP) is 1.83. The lowest BCUT2D eigenvalue weighted by Crippen LogP contribution is -2.39. The summed E-state index contributed by atoms with van der Waals surface area (Å²) in [5.41, 5.74) is 3.69. The number of aliphatic imine (C=N–C) groups is 1. The summed E-state index contributed by atoms with van der Waals surface area (Å²) in [7, 11) is 3.45. The van der Waals surface area contributed by atoms with E-state index in [1.807, 2.05) is 0 Å². The van der Waals surface area contributed by atoms with Gasteiger partial charge in [-0.1, -0.05) is 24.3 Å². The molecule has 2 aromatic rings. The molecular formula is C19H27N5O. The Bertz CT molecular complexity index is 760. The van der Waals surface area contributed by atoms with Crippen LogP contribution >= 0.6 is 0 Å². The van der Waals surface area contributed by atoms with Crippen molar-refractivity contribution in [3.05, 3.63) is 48.2 Å². The van der Waals surface area contributed by atoms with Gasteiger partial charge in [0.1, 0.15) is 6.54 Å². The number of carbonyl (C=O) groups excluding carboxylic acids is 1. The van der Waals surface area contributed by atoms with E-state index in [0.717, 1.165) is 13.0 Å². The Hall–Kier alpha value is -2.76. The van der Waals surface area contributed by atoms with Crippen molar-refractivity contribution in [2.75, 3.05) is 33.7 Å². The molecule has 0 spiro atoms. The number of likely N-dealkylation sites (N-methyl/N-ethyl adjacent to an activating group) is 1. The van der Waals surface area contributed by atoms with Crippen molar-refractivity contribution >= 4 is 22.8 Å². The average Bonchev–Trinajstić information content (AvgIpc) is 3.01. The fraction of sp³-hybridized carbons (Fsp3) is 0.368. The highest BCUT2D eigenvalue weighted by Crippen LogP contribution is 2.21. The zero-order valence-corrected chi connectivity index (χ0v) is 15.2. The zero-order chi connectivity index (χ0) is 18.2. The fourth-order valence-corrected chi connectivity index (χ4v) is 2.52. The van der Waals surface area contributed by atoms with Crippen LogP contribution in [0.15, 0.2) is 42.0 Å². The molecule has 134 valence electrons. The van der Waals surface area contributed by atoms with Gasteiger partial charge in [0.2, 0.25) is 5.91 Å². The van der Waals surface area contributed by atoms with Gasteiger partial charge in [0.05, 0.1) is 0 Å². The second-order valence-corrected chi connectivity index (χ2v) is 6.11. The van der Waals surface area contributed by atoms with Crippen LogP contribution in [0.3, 0.4) is 0 Å². The van der Waals surface area contributed by atoms with Crippen molar-refractivity contribution < 1.29 is 4.79 Å². The van der Waals surface area contributed by atoms with Crippen LogP contribution in [0.4, 0.5) is 0 Å². The lowest BCUT2D eigenvalue weighted by molar-refractivity contribution is -0.127. The summed E-state index contributed by atoms with van der Waals surface area (Å²) in [6.07, 6.45) is 4.68. The van der Waals surface area contributed by atoms with E-state index in [1.54, 1.807) is 20.2 Å². The van der Waals surface area contributed by atoms with Gasteiger partial charge in [-0.15, -0.1) is 6.58 Å². The normalized spacial score (nSPS) is 11.4. The number of rotatable bonds is 7. The van der Waals surface area contributed by atoms with Crippen LogP contribution in [0.2, 0.25) is 0 Å². The first-order chi connectivity index (χ1) is 12.0. The van der Waals surface area contributed by atoms with E-state index in [-0.39, 0.29) is 12.5 Å². The molecule has 1 amide bonds. The van der Waals surface area contributed by atoms with Crippen LogP contribution in [-0.4, -0.2) is 55.5 Å². The molecule has 0 bridgehead atoms. The number of para-hydroxylation sites is 1. The molecule has 1 heterocycles. The van der Waals surface area contributed by atoms with Crippen molar-refractivity contribution in [3.63, 3.8) is 0 Å². The summed E-state index contributed by atoms with van der Waals surface area (Å²) < 4.78 is 0. The van der Waals surface area contributed by atoms with Crippen LogP contribution in [0.5, 0.6) is 0 Å². The Kier molecular flexibility index (Phi) is 6.62.